The Morgan fingerprint density at radius 1 is 0.680 bits per heavy atom. The van der Waals surface area contributed by atoms with Crippen LogP contribution in [-0.4, -0.2) is 37.9 Å². The van der Waals surface area contributed by atoms with Gasteiger partial charge in [-0.05, 0) is 37.7 Å². The van der Waals surface area contributed by atoms with E-state index in [1.165, 1.54) is 82.8 Å². The number of hydrogen-bond donors (Lipinski definition) is 0. The summed E-state index contributed by atoms with van der Waals surface area (Å²) in [6, 6.07) is 0. The van der Waals surface area contributed by atoms with E-state index in [2.05, 4.69) is 20.1 Å². The highest BCUT2D eigenvalue weighted by Crippen LogP contribution is 2.12. The van der Waals surface area contributed by atoms with Gasteiger partial charge in [0.1, 0.15) is 0 Å². The first kappa shape index (κ1) is 25.3. The third-order valence-corrected chi connectivity index (χ3v) is 5.44. The molecule has 0 aliphatic carbocycles. The van der Waals surface area contributed by atoms with Crippen LogP contribution in [0.4, 0.5) is 0 Å². The largest absolute Gasteiger partial charge is 0.379 e. The van der Waals surface area contributed by atoms with Crippen LogP contribution >= 0.6 is 11.8 Å². The molecule has 0 aromatic carbocycles. The highest BCUT2D eigenvalue weighted by Gasteiger charge is 2.05. The molecule has 0 aromatic rings. The average Bonchev–Trinajstić information content (AvgIpc) is 2.63. The minimum atomic E-state index is 0.298. The lowest BCUT2D eigenvalue weighted by atomic mass is 10.1. The van der Waals surface area contributed by atoms with Gasteiger partial charge in [0.2, 0.25) is 0 Å². The van der Waals surface area contributed by atoms with Crippen molar-refractivity contribution in [2.75, 3.05) is 31.8 Å². The fraction of sp³-hybridized carbons (Fsp3) is 1.00. The van der Waals surface area contributed by atoms with Crippen molar-refractivity contribution >= 4 is 11.8 Å². The third-order valence-electron chi connectivity index (χ3n) is 4.75. The molecule has 0 saturated carbocycles. The smallest absolute Gasteiger partial charge is 0.0805 e. The fourth-order valence-electron chi connectivity index (χ4n) is 2.93. The number of ether oxygens (including phenoxy) is 2. The van der Waals surface area contributed by atoms with Gasteiger partial charge in [-0.3, -0.25) is 0 Å². The number of rotatable bonds is 21. The molecule has 25 heavy (non-hydrogen) atoms. The van der Waals surface area contributed by atoms with E-state index in [-0.39, 0.29) is 0 Å². The molecular formula is C22H46O2S. The first-order valence-electron chi connectivity index (χ1n) is 11.0. The van der Waals surface area contributed by atoms with Gasteiger partial charge in [0.05, 0.1) is 12.7 Å². The molecular weight excluding hydrogens is 328 g/mol. The van der Waals surface area contributed by atoms with Gasteiger partial charge in [-0.2, -0.15) is 11.8 Å². The quantitative estimate of drug-likeness (QED) is 0.197. The minimum Gasteiger partial charge on any atom is -0.379 e. The van der Waals surface area contributed by atoms with Crippen LogP contribution in [0.3, 0.4) is 0 Å². The molecule has 0 heterocycles. The summed E-state index contributed by atoms with van der Waals surface area (Å²) in [7, 11) is 0. The lowest BCUT2D eigenvalue weighted by Gasteiger charge is -2.16. The Labute approximate surface area is 163 Å². The van der Waals surface area contributed by atoms with Gasteiger partial charge in [-0.25, -0.2) is 0 Å². The van der Waals surface area contributed by atoms with E-state index in [1.807, 2.05) is 11.8 Å². The summed E-state index contributed by atoms with van der Waals surface area (Å²) in [6.45, 7) is 6.95. The molecule has 1 atom stereocenters. The maximum atomic E-state index is 5.82. The topological polar surface area (TPSA) is 18.5 Å². The van der Waals surface area contributed by atoms with Crippen LogP contribution in [0, 0.1) is 0 Å². The van der Waals surface area contributed by atoms with E-state index in [9.17, 15) is 0 Å². The SMILES string of the molecule is CCCCOC(CC)COCCCCCCCCCCCCCSC. The van der Waals surface area contributed by atoms with Crippen LogP contribution in [0.25, 0.3) is 0 Å². The van der Waals surface area contributed by atoms with Gasteiger partial charge in [0.25, 0.3) is 0 Å². The molecule has 0 aromatic heterocycles. The van der Waals surface area contributed by atoms with Gasteiger partial charge >= 0.3 is 0 Å². The Hall–Kier alpha value is 0.270. The lowest BCUT2D eigenvalue weighted by Crippen LogP contribution is -2.20. The normalized spacial score (nSPS) is 12.6. The molecule has 0 bridgehead atoms. The van der Waals surface area contributed by atoms with E-state index >= 15 is 0 Å². The van der Waals surface area contributed by atoms with Gasteiger partial charge in [0, 0.05) is 13.2 Å². The van der Waals surface area contributed by atoms with Crippen LogP contribution < -0.4 is 0 Å². The third kappa shape index (κ3) is 20.4. The molecule has 0 aliphatic rings. The van der Waals surface area contributed by atoms with E-state index in [0.717, 1.165) is 32.7 Å². The molecule has 3 heteroatoms. The van der Waals surface area contributed by atoms with Gasteiger partial charge in [-0.1, -0.05) is 78.1 Å². The Bertz CT molecular complexity index is 236. The van der Waals surface area contributed by atoms with E-state index in [4.69, 9.17) is 9.47 Å². The Kier molecular flexibility index (Phi) is 22.6. The van der Waals surface area contributed by atoms with Gasteiger partial charge < -0.3 is 9.47 Å². The molecule has 152 valence electrons. The second kappa shape index (κ2) is 22.3. The Balaban J connectivity index is 3.15. The van der Waals surface area contributed by atoms with Gasteiger partial charge in [0.15, 0.2) is 0 Å². The summed E-state index contributed by atoms with van der Waals surface area (Å²) in [4.78, 5) is 0. The molecule has 0 rings (SSSR count). The minimum absolute atomic E-state index is 0.298. The summed E-state index contributed by atoms with van der Waals surface area (Å²) in [5.74, 6) is 1.34. The maximum absolute atomic E-state index is 5.82. The molecule has 0 radical (unpaired) electrons. The van der Waals surface area contributed by atoms with Gasteiger partial charge in [-0.15, -0.1) is 0 Å². The maximum Gasteiger partial charge on any atom is 0.0805 e. The van der Waals surface area contributed by atoms with Crippen LogP contribution in [0.5, 0.6) is 0 Å². The molecule has 0 fully saturated rings. The van der Waals surface area contributed by atoms with Crippen molar-refractivity contribution in [3.8, 4) is 0 Å². The predicted octanol–water partition coefficient (Wildman–Crippen LogP) is 7.25. The number of thioether (sulfide) groups is 1. The molecule has 0 saturated heterocycles. The Morgan fingerprint density at radius 2 is 1.24 bits per heavy atom. The summed E-state index contributed by atoms with van der Waals surface area (Å²) in [5, 5.41) is 0. The molecule has 0 N–H and O–H groups in total. The molecule has 1 unspecified atom stereocenters. The predicted molar refractivity (Wildman–Crippen MR) is 115 cm³/mol. The highest BCUT2D eigenvalue weighted by atomic mass is 32.2. The Morgan fingerprint density at radius 3 is 1.76 bits per heavy atom. The highest BCUT2D eigenvalue weighted by molar-refractivity contribution is 7.98. The van der Waals surface area contributed by atoms with Crippen molar-refractivity contribution in [2.24, 2.45) is 0 Å². The van der Waals surface area contributed by atoms with Crippen molar-refractivity contribution in [3.05, 3.63) is 0 Å². The molecule has 2 nitrogen and oxygen atoms in total. The standard InChI is InChI=1S/C22H46O2S/c1-4-6-19-24-22(5-2)21-23-18-16-14-12-10-8-7-9-11-13-15-17-20-25-3/h22H,4-21H2,1-3H3. The summed E-state index contributed by atoms with van der Waals surface area (Å²) >= 11 is 1.98. The average molecular weight is 375 g/mol. The van der Waals surface area contributed by atoms with E-state index < -0.39 is 0 Å². The molecule has 0 amide bonds. The van der Waals surface area contributed by atoms with Crippen molar-refractivity contribution in [1.29, 1.82) is 0 Å². The van der Waals surface area contributed by atoms with E-state index in [0.29, 0.717) is 6.10 Å². The zero-order chi connectivity index (χ0) is 18.4. The van der Waals surface area contributed by atoms with Crippen LogP contribution in [0.15, 0.2) is 0 Å². The molecule has 0 spiro atoms. The van der Waals surface area contributed by atoms with E-state index in [1.54, 1.807) is 0 Å². The van der Waals surface area contributed by atoms with Crippen LogP contribution in [0.2, 0.25) is 0 Å². The first-order valence-corrected chi connectivity index (χ1v) is 12.4. The second-order valence-electron chi connectivity index (χ2n) is 7.21. The summed E-state index contributed by atoms with van der Waals surface area (Å²) in [6.07, 6.45) is 21.3. The lowest BCUT2D eigenvalue weighted by molar-refractivity contribution is -0.0197. The summed E-state index contributed by atoms with van der Waals surface area (Å²) in [5.41, 5.74) is 0. The monoisotopic (exact) mass is 374 g/mol. The first-order chi connectivity index (χ1) is 12.3. The fourth-order valence-corrected chi connectivity index (χ4v) is 3.43. The van der Waals surface area contributed by atoms with Crippen LogP contribution in [-0.2, 0) is 9.47 Å². The van der Waals surface area contributed by atoms with Crippen molar-refractivity contribution < 1.29 is 9.47 Å². The van der Waals surface area contributed by atoms with Crippen molar-refractivity contribution in [2.45, 2.75) is 110 Å². The van der Waals surface area contributed by atoms with Crippen molar-refractivity contribution in [1.82, 2.24) is 0 Å². The second-order valence-corrected chi connectivity index (χ2v) is 8.20. The zero-order valence-corrected chi connectivity index (χ0v) is 18.3. The van der Waals surface area contributed by atoms with Crippen LogP contribution in [0.1, 0.15) is 104 Å². The summed E-state index contributed by atoms with van der Waals surface area (Å²) < 4.78 is 11.6. The molecule has 0 aliphatic heterocycles. The van der Waals surface area contributed by atoms with Crippen molar-refractivity contribution in [3.63, 3.8) is 0 Å². The number of unbranched alkanes of at least 4 members (excludes halogenated alkanes) is 11. The number of hydrogen-bond acceptors (Lipinski definition) is 3. The zero-order valence-electron chi connectivity index (χ0n) is 17.5.